The molecule has 0 saturated carbocycles. The first-order chi connectivity index (χ1) is 10.8. The molecular formula is C15H14ClN2O5-. The molecule has 0 bridgehead atoms. The van der Waals surface area contributed by atoms with Gasteiger partial charge in [-0.1, -0.05) is 23.7 Å². The lowest BCUT2D eigenvalue weighted by Crippen LogP contribution is -2.42. The molecule has 1 amide bonds. The first-order valence-electron chi connectivity index (χ1n) is 6.91. The zero-order valence-corrected chi connectivity index (χ0v) is 13.0. The standard InChI is InChI=1S/C15H15ClN2O5/c1-8-2-5-12(13(6-8)18(22)23)17-14(19)11-7-9(16)3-4-10(11)15(20)21/h2-3,5-6,10-11H,4,7H2,1H3,(H,17,19)(H,20,21)/p-1/t10-,11+/m0/s1. The Morgan fingerprint density at radius 1 is 1.35 bits per heavy atom. The number of hydrogen-bond acceptors (Lipinski definition) is 5. The highest BCUT2D eigenvalue weighted by molar-refractivity contribution is 6.29. The first-order valence-corrected chi connectivity index (χ1v) is 7.28. The second kappa shape index (κ2) is 6.78. The second-order valence-electron chi connectivity index (χ2n) is 5.39. The predicted molar refractivity (Wildman–Crippen MR) is 81.6 cm³/mol. The summed E-state index contributed by atoms with van der Waals surface area (Å²) in [6.45, 7) is 1.69. The third-order valence-electron chi connectivity index (χ3n) is 3.74. The highest BCUT2D eigenvalue weighted by Crippen LogP contribution is 2.33. The molecule has 1 N–H and O–H groups in total. The van der Waals surface area contributed by atoms with E-state index in [1.807, 2.05) is 0 Å². The fourth-order valence-corrected chi connectivity index (χ4v) is 2.77. The number of carbonyl (C=O) groups is 2. The van der Waals surface area contributed by atoms with E-state index in [1.165, 1.54) is 12.1 Å². The Morgan fingerprint density at radius 2 is 2.04 bits per heavy atom. The van der Waals surface area contributed by atoms with E-state index in [2.05, 4.69) is 5.32 Å². The fourth-order valence-electron chi connectivity index (χ4n) is 2.51. The molecule has 1 aliphatic carbocycles. The Hall–Kier alpha value is -2.41. The zero-order valence-electron chi connectivity index (χ0n) is 12.2. The van der Waals surface area contributed by atoms with Crippen molar-refractivity contribution in [3.05, 3.63) is 45.0 Å². The summed E-state index contributed by atoms with van der Waals surface area (Å²) in [7, 11) is 0. The molecule has 0 unspecified atom stereocenters. The highest BCUT2D eigenvalue weighted by Gasteiger charge is 2.33. The Balaban J connectivity index is 2.26. The van der Waals surface area contributed by atoms with Gasteiger partial charge in [-0.25, -0.2) is 0 Å². The molecule has 1 aromatic carbocycles. The van der Waals surface area contributed by atoms with Crippen LogP contribution in [-0.4, -0.2) is 16.8 Å². The highest BCUT2D eigenvalue weighted by atomic mass is 35.5. The lowest BCUT2D eigenvalue weighted by molar-refractivity contribution is -0.384. The average Bonchev–Trinajstić information content (AvgIpc) is 2.48. The molecular weight excluding hydrogens is 324 g/mol. The van der Waals surface area contributed by atoms with Gasteiger partial charge >= 0.3 is 0 Å². The Labute approximate surface area is 137 Å². The summed E-state index contributed by atoms with van der Waals surface area (Å²) in [5.74, 6) is -3.92. The quantitative estimate of drug-likeness (QED) is 0.664. The van der Waals surface area contributed by atoms with Crippen molar-refractivity contribution in [1.29, 1.82) is 0 Å². The lowest BCUT2D eigenvalue weighted by atomic mass is 9.82. The number of anilines is 1. The van der Waals surface area contributed by atoms with Gasteiger partial charge in [-0.2, -0.15) is 0 Å². The van der Waals surface area contributed by atoms with Gasteiger partial charge in [-0.05, 0) is 31.4 Å². The van der Waals surface area contributed by atoms with Crippen LogP contribution in [0.5, 0.6) is 0 Å². The smallest absolute Gasteiger partial charge is 0.293 e. The number of benzene rings is 1. The minimum atomic E-state index is -1.34. The topological polar surface area (TPSA) is 112 Å². The van der Waals surface area contributed by atoms with Gasteiger partial charge in [0.15, 0.2) is 0 Å². The number of carbonyl (C=O) groups excluding carboxylic acids is 2. The average molecular weight is 338 g/mol. The van der Waals surface area contributed by atoms with Gasteiger partial charge < -0.3 is 15.2 Å². The van der Waals surface area contributed by atoms with E-state index in [0.717, 1.165) is 0 Å². The van der Waals surface area contributed by atoms with Crippen molar-refractivity contribution in [2.75, 3.05) is 5.32 Å². The number of amides is 1. The van der Waals surface area contributed by atoms with Gasteiger partial charge in [0, 0.05) is 23.0 Å². The van der Waals surface area contributed by atoms with E-state index in [4.69, 9.17) is 11.6 Å². The van der Waals surface area contributed by atoms with Gasteiger partial charge in [0.25, 0.3) is 5.69 Å². The maximum absolute atomic E-state index is 12.4. The molecule has 0 aromatic heterocycles. The molecule has 8 heteroatoms. The van der Waals surface area contributed by atoms with Crippen LogP contribution in [0.3, 0.4) is 0 Å². The Morgan fingerprint density at radius 3 is 2.65 bits per heavy atom. The summed E-state index contributed by atoms with van der Waals surface area (Å²) in [5, 5.41) is 25.1. The van der Waals surface area contributed by atoms with Gasteiger partial charge in [-0.3, -0.25) is 14.9 Å². The molecule has 0 fully saturated rings. The van der Waals surface area contributed by atoms with E-state index in [1.54, 1.807) is 19.1 Å². The van der Waals surface area contributed by atoms with E-state index >= 15 is 0 Å². The molecule has 0 radical (unpaired) electrons. The van der Waals surface area contributed by atoms with Gasteiger partial charge in [0.05, 0.1) is 10.8 Å². The van der Waals surface area contributed by atoms with E-state index < -0.39 is 28.6 Å². The molecule has 1 aliphatic rings. The number of nitrogens with zero attached hydrogens (tertiary/aromatic N) is 1. The van der Waals surface area contributed by atoms with Crippen LogP contribution in [0.15, 0.2) is 29.3 Å². The second-order valence-corrected chi connectivity index (χ2v) is 5.88. The van der Waals surface area contributed by atoms with Gasteiger partial charge in [-0.15, -0.1) is 0 Å². The predicted octanol–water partition coefficient (Wildman–Crippen LogP) is 1.74. The number of rotatable bonds is 4. The summed E-state index contributed by atoms with van der Waals surface area (Å²) in [5.41, 5.74) is 0.445. The molecule has 0 saturated heterocycles. The minimum Gasteiger partial charge on any atom is -0.550 e. The van der Waals surface area contributed by atoms with Crippen molar-refractivity contribution in [2.24, 2.45) is 11.8 Å². The van der Waals surface area contributed by atoms with E-state index in [9.17, 15) is 24.8 Å². The molecule has 1 aromatic rings. The molecule has 2 atom stereocenters. The molecule has 0 heterocycles. The van der Waals surface area contributed by atoms with Crippen LogP contribution in [0.1, 0.15) is 18.4 Å². The number of aliphatic carboxylic acids is 1. The van der Waals surface area contributed by atoms with Crippen molar-refractivity contribution in [2.45, 2.75) is 19.8 Å². The number of hydrogen-bond donors (Lipinski definition) is 1. The number of aryl methyl sites for hydroxylation is 1. The maximum atomic E-state index is 12.4. The van der Waals surface area contributed by atoms with Crippen LogP contribution in [0.2, 0.25) is 0 Å². The number of carboxylic acids is 1. The van der Waals surface area contributed by atoms with Crippen molar-refractivity contribution in [3.8, 4) is 0 Å². The van der Waals surface area contributed by atoms with Crippen molar-refractivity contribution < 1.29 is 19.6 Å². The summed E-state index contributed by atoms with van der Waals surface area (Å²) >= 11 is 5.89. The number of carboxylic acid groups (broad SMARTS) is 1. The van der Waals surface area contributed by atoms with E-state index in [-0.39, 0.29) is 24.2 Å². The van der Waals surface area contributed by atoms with Crippen LogP contribution < -0.4 is 10.4 Å². The Bertz CT molecular complexity index is 701. The van der Waals surface area contributed by atoms with Crippen molar-refractivity contribution in [3.63, 3.8) is 0 Å². The normalized spacial score (nSPS) is 20.5. The van der Waals surface area contributed by atoms with Gasteiger partial charge in [0.2, 0.25) is 5.91 Å². The number of nitro groups is 1. The van der Waals surface area contributed by atoms with Crippen LogP contribution in [0, 0.1) is 28.9 Å². The zero-order chi connectivity index (χ0) is 17.1. The van der Waals surface area contributed by atoms with Crippen molar-refractivity contribution in [1.82, 2.24) is 0 Å². The van der Waals surface area contributed by atoms with Crippen LogP contribution in [0.4, 0.5) is 11.4 Å². The Kier molecular flexibility index (Phi) is 5.00. The van der Waals surface area contributed by atoms with E-state index in [0.29, 0.717) is 10.6 Å². The molecule has 0 spiro atoms. The van der Waals surface area contributed by atoms with Crippen LogP contribution in [-0.2, 0) is 9.59 Å². The summed E-state index contributed by atoms with van der Waals surface area (Å²) in [4.78, 5) is 34.0. The lowest BCUT2D eigenvalue weighted by Gasteiger charge is -2.29. The first kappa shape index (κ1) is 17.0. The number of halogens is 1. The summed E-state index contributed by atoms with van der Waals surface area (Å²) in [6, 6.07) is 4.37. The molecule has 0 aliphatic heterocycles. The number of allylic oxidation sites excluding steroid dienone is 2. The summed E-state index contributed by atoms with van der Waals surface area (Å²) < 4.78 is 0. The summed E-state index contributed by atoms with van der Waals surface area (Å²) in [6.07, 6.45) is 1.70. The largest absolute Gasteiger partial charge is 0.550 e. The minimum absolute atomic E-state index is 0.0216. The fraction of sp³-hybridized carbons (Fsp3) is 0.333. The molecule has 2 rings (SSSR count). The monoisotopic (exact) mass is 337 g/mol. The maximum Gasteiger partial charge on any atom is 0.293 e. The van der Waals surface area contributed by atoms with Gasteiger partial charge in [0.1, 0.15) is 5.69 Å². The SMILES string of the molecule is Cc1ccc(NC(=O)[C@@H]2CC(Cl)=CC[C@@H]2C(=O)[O-])c([N+](=O)[O-])c1. The number of nitrogens with one attached hydrogen (secondary N) is 1. The van der Waals surface area contributed by atoms with Crippen LogP contribution in [0.25, 0.3) is 0 Å². The number of nitro benzene ring substituents is 1. The van der Waals surface area contributed by atoms with Crippen LogP contribution >= 0.6 is 11.6 Å². The van der Waals surface area contributed by atoms with Crippen molar-refractivity contribution >= 4 is 34.9 Å². The third kappa shape index (κ3) is 3.87. The molecule has 122 valence electrons. The molecule has 23 heavy (non-hydrogen) atoms. The third-order valence-corrected chi connectivity index (χ3v) is 4.05. The molecule has 7 nitrogen and oxygen atoms in total.